The minimum Gasteiger partial charge on any atom is -0.390 e. The van der Waals surface area contributed by atoms with Gasteiger partial charge in [0.2, 0.25) is 10.0 Å². The Morgan fingerprint density at radius 1 is 1.08 bits per heavy atom. The third-order valence-corrected chi connectivity index (χ3v) is 6.09. The van der Waals surface area contributed by atoms with Crippen LogP contribution in [0.15, 0.2) is 53.4 Å². The van der Waals surface area contributed by atoms with Crippen LogP contribution in [0.3, 0.4) is 0 Å². The average molecular weight is 374 g/mol. The largest absolute Gasteiger partial charge is 0.390 e. The lowest BCUT2D eigenvalue weighted by atomic mass is 10.2. The van der Waals surface area contributed by atoms with Gasteiger partial charge >= 0.3 is 0 Å². The van der Waals surface area contributed by atoms with Crippen LogP contribution in [0.4, 0.5) is 0 Å². The van der Waals surface area contributed by atoms with Crippen molar-refractivity contribution in [3.05, 3.63) is 54.1 Å². The van der Waals surface area contributed by atoms with E-state index in [1.54, 1.807) is 18.2 Å². The van der Waals surface area contributed by atoms with Gasteiger partial charge in [-0.2, -0.15) is 4.31 Å². The number of nitrogens with zero attached hydrogens (tertiary/aromatic N) is 4. The van der Waals surface area contributed by atoms with Crippen LogP contribution in [0, 0.1) is 0 Å². The van der Waals surface area contributed by atoms with Gasteiger partial charge in [-0.15, -0.1) is 5.10 Å². The van der Waals surface area contributed by atoms with Gasteiger partial charge in [0.25, 0.3) is 0 Å². The van der Waals surface area contributed by atoms with Crippen molar-refractivity contribution in [2.75, 3.05) is 26.3 Å². The molecular weight excluding hydrogens is 356 g/mol. The molecule has 26 heavy (non-hydrogen) atoms. The van der Waals surface area contributed by atoms with Crippen molar-refractivity contribution in [3.8, 4) is 0 Å². The molecular formula is C17H18N4O4S. The molecule has 4 rings (SSSR count). The van der Waals surface area contributed by atoms with E-state index in [1.807, 2.05) is 30.3 Å². The van der Waals surface area contributed by atoms with E-state index in [-0.39, 0.29) is 4.90 Å². The summed E-state index contributed by atoms with van der Waals surface area (Å²) in [6.45, 7) is 1.81. The number of hydrogen-bond acceptors (Lipinski definition) is 6. The first-order chi connectivity index (χ1) is 12.6. The first-order valence-corrected chi connectivity index (χ1v) is 9.69. The van der Waals surface area contributed by atoms with Crippen LogP contribution in [0.2, 0.25) is 0 Å². The zero-order valence-electron chi connectivity index (χ0n) is 14.0. The molecule has 1 saturated heterocycles. The lowest BCUT2D eigenvalue weighted by Crippen LogP contribution is -2.40. The molecule has 8 nitrogen and oxygen atoms in total. The van der Waals surface area contributed by atoms with Crippen LogP contribution < -0.4 is 4.84 Å². The Bertz CT molecular complexity index is 998. The van der Waals surface area contributed by atoms with Gasteiger partial charge in [0.1, 0.15) is 17.6 Å². The second kappa shape index (κ2) is 7.02. The average Bonchev–Trinajstić information content (AvgIpc) is 3.10. The van der Waals surface area contributed by atoms with E-state index in [4.69, 9.17) is 9.57 Å². The predicted molar refractivity (Wildman–Crippen MR) is 93.8 cm³/mol. The summed E-state index contributed by atoms with van der Waals surface area (Å²) in [5.41, 5.74) is 2.06. The molecule has 0 spiro atoms. The Labute approximate surface area is 150 Å². The number of ether oxygens (including phenoxy) is 1. The van der Waals surface area contributed by atoms with Gasteiger partial charge in [0.15, 0.2) is 0 Å². The summed E-state index contributed by atoms with van der Waals surface area (Å²) in [7, 11) is -3.59. The number of fused-ring (bicyclic) bond motifs is 1. The molecule has 9 heteroatoms. The number of morpholine rings is 1. The Hall–Kier alpha value is -2.49. The third-order valence-electron chi connectivity index (χ3n) is 4.19. The Morgan fingerprint density at radius 3 is 2.62 bits per heavy atom. The maximum atomic E-state index is 12.8. The van der Waals surface area contributed by atoms with E-state index in [0.717, 1.165) is 5.56 Å². The Morgan fingerprint density at radius 2 is 1.85 bits per heavy atom. The van der Waals surface area contributed by atoms with Crippen molar-refractivity contribution in [2.24, 2.45) is 0 Å². The second-order valence-corrected chi connectivity index (χ2v) is 7.83. The van der Waals surface area contributed by atoms with Gasteiger partial charge < -0.3 is 9.57 Å². The van der Waals surface area contributed by atoms with Crippen LogP contribution in [0.5, 0.6) is 0 Å². The minimum atomic E-state index is -3.59. The smallest absolute Gasteiger partial charge is 0.243 e. The van der Waals surface area contributed by atoms with Crippen molar-refractivity contribution in [3.63, 3.8) is 0 Å². The minimum absolute atomic E-state index is 0.193. The summed E-state index contributed by atoms with van der Waals surface area (Å²) in [6.07, 6.45) is 0. The summed E-state index contributed by atoms with van der Waals surface area (Å²) in [5, 5.41) is 7.99. The monoisotopic (exact) mass is 374 g/mol. The summed E-state index contributed by atoms with van der Waals surface area (Å²) in [5.74, 6) is 0. The Balaban J connectivity index is 1.62. The highest BCUT2D eigenvalue weighted by Crippen LogP contribution is 2.21. The molecule has 0 bridgehead atoms. The molecule has 1 aliphatic heterocycles. The number of rotatable bonds is 5. The highest BCUT2D eigenvalue weighted by atomic mass is 32.2. The van der Waals surface area contributed by atoms with Gasteiger partial charge in [-0.05, 0) is 29.0 Å². The van der Waals surface area contributed by atoms with E-state index >= 15 is 0 Å². The molecule has 0 unspecified atom stereocenters. The molecule has 0 aliphatic carbocycles. The van der Waals surface area contributed by atoms with E-state index < -0.39 is 10.0 Å². The van der Waals surface area contributed by atoms with Crippen molar-refractivity contribution >= 4 is 21.1 Å². The van der Waals surface area contributed by atoms with Crippen LogP contribution >= 0.6 is 0 Å². The Kier molecular flexibility index (Phi) is 4.58. The SMILES string of the molecule is O=S(=O)(c1ccc2nnn(OCc3ccccc3)c2c1)N1CCOCC1. The van der Waals surface area contributed by atoms with E-state index in [0.29, 0.717) is 43.9 Å². The van der Waals surface area contributed by atoms with Gasteiger partial charge in [0.05, 0.1) is 18.1 Å². The molecule has 1 fully saturated rings. The second-order valence-electron chi connectivity index (χ2n) is 5.89. The standard InChI is InChI=1S/C17H18N4O4S/c22-26(23,20-8-10-24-11-9-20)15-6-7-16-17(12-15)21(19-18-16)25-13-14-4-2-1-3-5-14/h1-7,12H,8-11,13H2. The van der Waals surface area contributed by atoms with E-state index in [2.05, 4.69) is 10.3 Å². The summed E-state index contributed by atoms with van der Waals surface area (Å²) >= 11 is 0. The number of benzene rings is 2. The molecule has 2 aromatic carbocycles. The molecule has 1 aliphatic rings. The van der Waals surface area contributed by atoms with Crippen molar-refractivity contribution in [1.82, 2.24) is 19.5 Å². The maximum Gasteiger partial charge on any atom is 0.243 e. The first kappa shape index (κ1) is 17.0. The van der Waals surface area contributed by atoms with Crippen molar-refractivity contribution in [1.29, 1.82) is 0 Å². The third kappa shape index (κ3) is 3.28. The lowest BCUT2D eigenvalue weighted by Gasteiger charge is -2.26. The summed E-state index contributed by atoms with van der Waals surface area (Å²) < 4.78 is 32.3. The molecule has 2 heterocycles. The fraction of sp³-hybridized carbons (Fsp3) is 0.294. The zero-order chi connectivity index (χ0) is 18.0. The summed E-state index contributed by atoms with van der Waals surface area (Å²) in [4.78, 5) is 7.13. The normalized spacial score (nSPS) is 16.0. The number of sulfonamides is 1. The van der Waals surface area contributed by atoms with Crippen LogP contribution in [-0.2, 0) is 21.4 Å². The predicted octanol–water partition coefficient (Wildman–Crippen LogP) is 1.08. The first-order valence-electron chi connectivity index (χ1n) is 8.25. The molecule has 3 aromatic rings. The molecule has 136 valence electrons. The fourth-order valence-corrected chi connectivity index (χ4v) is 4.21. The molecule has 0 saturated carbocycles. The van der Waals surface area contributed by atoms with Crippen molar-refractivity contribution in [2.45, 2.75) is 11.5 Å². The van der Waals surface area contributed by atoms with Gasteiger partial charge in [-0.25, -0.2) is 8.42 Å². The van der Waals surface area contributed by atoms with E-state index in [1.165, 1.54) is 9.15 Å². The number of aromatic nitrogens is 3. The van der Waals surface area contributed by atoms with Gasteiger partial charge in [-0.1, -0.05) is 35.2 Å². The van der Waals surface area contributed by atoms with Gasteiger partial charge in [-0.3, -0.25) is 0 Å². The molecule has 0 amide bonds. The van der Waals surface area contributed by atoms with Crippen LogP contribution in [0.1, 0.15) is 5.56 Å². The van der Waals surface area contributed by atoms with Crippen LogP contribution in [0.25, 0.3) is 11.0 Å². The molecule has 0 N–H and O–H groups in total. The fourth-order valence-electron chi connectivity index (χ4n) is 2.78. The lowest BCUT2D eigenvalue weighted by molar-refractivity contribution is 0.0729. The van der Waals surface area contributed by atoms with Crippen molar-refractivity contribution < 1.29 is 18.0 Å². The highest BCUT2D eigenvalue weighted by Gasteiger charge is 2.27. The number of hydrogen-bond donors (Lipinski definition) is 0. The topological polar surface area (TPSA) is 86.5 Å². The quantitative estimate of drug-likeness (QED) is 0.664. The van der Waals surface area contributed by atoms with E-state index in [9.17, 15) is 8.42 Å². The maximum absolute atomic E-state index is 12.8. The highest BCUT2D eigenvalue weighted by molar-refractivity contribution is 7.89. The molecule has 0 radical (unpaired) electrons. The summed E-state index contributed by atoms with van der Waals surface area (Å²) in [6, 6.07) is 14.4. The zero-order valence-corrected chi connectivity index (χ0v) is 14.8. The van der Waals surface area contributed by atoms with Gasteiger partial charge in [0, 0.05) is 13.1 Å². The molecule has 0 atom stereocenters. The molecule has 1 aromatic heterocycles. The van der Waals surface area contributed by atoms with Crippen LogP contribution in [-0.4, -0.2) is 54.2 Å².